The van der Waals surface area contributed by atoms with Gasteiger partial charge in [0.05, 0.1) is 6.04 Å². The summed E-state index contributed by atoms with van der Waals surface area (Å²) in [4.78, 5) is 45.6. The van der Waals surface area contributed by atoms with Crippen molar-refractivity contribution in [2.24, 2.45) is 5.41 Å². The molecule has 1 fully saturated rings. The zero-order valence-corrected chi connectivity index (χ0v) is 22.2. The predicted molar refractivity (Wildman–Crippen MR) is 153 cm³/mol. The average molecular weight is 548 g/mol. The maximum atomic E-state index is 14.6. The molecule has 0 saturated carbocycles. The van der Waals surface area contributed by atoms with Crippen LogP contribution in [0.15, 0.2) is 97.1 Å². The van der Waals surface area contributed by atoms with Gasteiger partial charge in [-0.2, -0.15) is 0 Å². The van der Waals surface area contributed by atoms with E-state index in [1.165, 1.54) is 12.1 Å². The molecule has 0 N–H and O–H groups in total. The number of Topliss-reactive ketones (excluding diaryl/α,β-unsaturated/α-hetero) is 3. The first-order valence-corrected chi connectivity index (χ1v) is 13.5. The fraction of sp³-hybridized carbons (Fsp3) is 0.147. The van der Waals surface area contributed by atoms with E-state index in [2.05, 4.69) is 0 Å². The minimum atomic E-state index is -1.62. The number of hydrogen-bond acceptors (Lipinski definition) is 4. The molecule has 6 heteroatoms. The van der Waals surface area contributed by atoms with Gasteiger partial charge >= 0.3 is 0 Å². The summed E-state index contributed by atoms with van der Waals surface area (Å²) in [6.07, 6.45) is 3.82. The van der Waals surface area contributed by atoms with Gasteiger partial charge < -0.3 is 4.90 Å². The maximum absolute atomic E-state index is 14.6. The van der Waals surface area contributed by atoms with Crippen molar-refractivity contribution in [1.82, 2.24) is 0 Å². The smallest absolute Gasteiger partial charge is 0.185 e. The van der Waals surface area contributed by atoms with Crippen molar-refractivity contribution in [2.45, 2.75) is 24.9 Å². The van der Waals surface area contributed by atoms with Crippen molar-refractivity contribution < 1.29 is 18.8 Å². The molecule has 1 saturated heterocycles. The second-order valence-corrected chi connectivity index (χ2v) is 11.1. The van der Waals surface area contributed by atoms with E-state index in [-0.39, 0.29) is 17.3 Å². The second-order valence-electron chi connectivity index (χ2n) is 10.7. The van der Waals surface area contributed by atoms with E-state index in [0.717, 1.165) is 16.8 Å². The van der Waals surface area contributed by atoms with Gasteiger partial charge in [0.15, 0.2) is 17.3 Å². The van der Waals surface area contributed by atoms with Gasteiger partial charge in [0.1, 0.15) is 17.3 Å². The van der Waals surface area contributed by atoms with Crippen LogP contribution >= 0.6 is 11.6 Å². The Bertz CT molecular complexity index is 1720. The van der Waals surface area contributed by atoms with Crippen molar-refractivity contribution in [1.29, 1.82) is 0 Å². The minimum Gasteiger partial charge on any atom is -0.352 e. The van der Waals surface area contributed by atoms with Crippen LogP contribution in [0, 0.1) is 18.2 Å². The van der Waals surface area contributed by atoms with Gasteiger partial charge in [0.2, 0.25) is 0 Å². The molecule has 0 amide bonds. The Morgan fingerprint density at radius 2 is 1.52 bits per heavy atom. The van der Waals surface area contributed by atoms with Gasteiger partial charge in [-0.25, -0.2) is 4.39 Å². The second kappa shape index (κ2) is 8.83. The molecular weight excluding hydrogens is 525 g/mol. The maximum Gasteiger partial charge on any atom is 0.185 e. The number of ketones is 3. The number of anilines is 1. The summed E-state index contributed by atoms with van der Waals surface area (Å²) in [6, 6.07) is 23.5. The number of benzene rings is 4. The fourth-order valence-corrected chi connectivity index (χ4v) is 7.05. The lowest BCUT2D eigenvalue weighted by molar-refractivity contribution is 0.0666. The van der Waals surface area contributed by atoms with E-state index in [1.807, 2.05) is 42.2 Å². The number of carbonyl (C=O) groups is 3. The number of hydrogen-bond donors (Lipinski definition) is 0. The third kappa shape index (κ3) is 3.28. The first-order valence-electron chi connectivity index (χ1n) is 13.1. The Balaban J connectivity index is 1.54. The Hall–Kier alpha value is -4.35. The number of aryl methyl sites for hydroxylation is 1. The van der Waals surface area contributed by atoms with Crippen LogP contribution in [0.2, 0.25) is 5.02 Å². The summed E-state index contributed by atoms with van der Waals surface area (Å²) < 4.78 is 14.2. The Morgan fingerprint density at radius 1 is 0.875 bits per heavy atom. The molecule has 3 aliphatic rings. The lowest BCUT2D eigenvalue weighted by Crippen LogP contribution is -2.48. The first kappa shape index (κ1) is 24.7. The molecule has 4 aromatic rings. The van der Waals surface area contributed by atoms with Gasteiger partial charge in [-0.15, -0.1) is 0 Å². The van der Waals surface area contributed by atoms with Gasteiger partial charge in [0.25, 0.3) is 0 Å². The number of nitrogens with zero attached hydrogens (tertiary/aromatic N) is 1. The van der Waals surface area contributed by atoms with E-state index in [9.17, 15) is 18.8 Å². The largest absolute Gasteiger partial charge is 0.352 e. The third-order valence-electron chi connectivity index (χ3n) is 8.59. The van der Waals surface area contributed by atoms with Gasteiger partial charge in [-0.3, -0.25) is 14.4 Å². The summed E-state index contributed by atoms with van der Waals surface area (Å²) >= 11 is 6.14. The molecule has 2 heterocycles. The molecule has 196 valence electrons. The number of halogens is 2. The lowest BCUT2D eigenvalue weighted by Gasteiger charge is -2.37. The Labute approximate surface area is 235 Å². The summed E-state index contributed by atoms with van der Waals surface area (Å²) in [5.74, 6) is -2.20. The standard InChI is InChI=1S/C34H23ClFNO3/c1-19-6-16-27-22(18-19)11-17-28-34(32(39)25-4-2-3-5-26(25)33(34)40)29(20-9-14-24(36)15-10-20)30(37(27)28)31(38)21-7-12-23(35)13-8-21/h2-18,28-30H,1H3/t28?,29-,30+/m0/s1. The predicted octanol–water partition coefficient (Wildman–Crippen LogP) is 7.10. The molecule has 0 aromatic heterocycles. The zero-order valence-electron chi connectivity index (χ0n) is 21.5. The molecule has 0 bridgehead atoms. The summed E-state index contributed by atoms with van der Waals surface area (Å²) in [5.41, 5.74) is 2.77. The molecule has 3 atom stereocenters. The molecule has 7 rings (SSSR count). The SMILES string of the molecule is Cc1ccc2c(c1)C=CC1N2[C@@H](C(=O)c2ccc(Cl)cc2)[C@H](c2ccc(F)cc2)C12C(=O)c1ccccc1C2=O. The highest BCUT2D eigenvalue weighted by atomic mass is 35.5. The Kier molecular flexibility index (Phi) is 5.45. The van der Waals surface area contributed by atoms with Crippen LogP contribution in [0.25, 0.3) is 6.08 Å². The first-order chi connectivity index (χ1) is 19.3. The topological polar surface area (TPSA) is 54.5 Å². The van der Waals surface area contributed by atoms with Crippen molar-refractivity contribution in [3.05, 3.63) is 141 Å². The average Bonchev–Trinajstić information content (AvgIpc) is 3.39. The quantitative estimate of drug-likeness (QED) is 0.203. The van der Waals surface area contributed by atoms with Gasteiger partial charge in [-0.1, -0.05) is 71.8 Å². The van der Waals surface area contributed by atoms with Crippen molar-refractivity contribution in [3.8, 4) is 0 Å². The van der Waals surface area contributed by atoms with E-state index < -0.39 is 29.2 Å². The molecule has 1 spiro atoms. The molecular formula is C34H23ClFNO3. The number of rotatable bonds is 3. The van der Waals surface area contributed by atoms with Crippen LogP contribution in [0.1, 0.15) is 53.7 Å². The number of fused-ring (bicyclic) bond motifs is 5. The van der Waals surface area contributed by atoms with E-state index >= 15 is 0 Å². The van der Waals surface area contributed by atoms with E-state index in [4.69, 9.17) is 11.6 Å². The van der Waals surface area contributed by atoms with Crippen LogP contribution in [0.4, 0.5) is 10.1 Å². The van der Waals surface area contributed by atoms with Crippen LogP contribution in [-0.4, -0.2) is 29.4 Å². The molecule has 1 unspecified atom stereocenters. The van der Waals surface area contributed by atoms with Crippen LogP contribution in [0.5, 0.6) is 0 Å². The van der Waals surface area contributed by atoms with Crippen molar-refractivity contribution >= 4 is 40.7 Å². The highest BCUT2D eigenvalue weighted by Crippen LogP contribution is 2.61. The molecule has 40 heavy (non-hydrogen) atoms. The summed E-state index contributed by atoms with van der Waals surface area (Å²) in [6.45, 7) is 1.99. The zero-order chi connectivity index (χ0) is 27.8. The van der Waals surface area contributed by atoms with E-state index in [0.29, 0.717) is 27.3 Å². The molecule has 4 aromatic carbocycles. The fourth-order valence-electron chi connectivity index (χ4n) is 6.92. The normalized spacial score (nSPS) is 21.9. The van der Waals surface area contributed by atoms with Gasteiger partial charge in [-0.05, 0) is 66.6 Å². The van der Waals surface area contributed by atoms with Crippen molar-refractivity contribution in [3.63, 3.8) is 0 Å². The third-order valence-corrected chi connectivity index (χ3v) is 8.84. The van der Waals surface area contributed by atoms with Crippen LogP contribution < -0.4 is 4.90 Å². The molecule has 4 nitrogen and oxygen atoms in total. The van der Waals surface area contributed by atoms with Gasteiger partial charge in [0, 0.05) is 33.3 Å². The highest BCUT2D eigenvalue weighted by Gasteiger charge is 2.71. The molecule has 0 radical (unpaired) electrons. The Morgan fingerprint density at radius 3 is 2.17 bits per heavy atom. The van der Waals surface area contributed by atoms with Crippen LogP contribution in [-0.2, 0) is 0 Å². The monoisotopic (exact) mass is 547 g/mol. The summed E-state index contributed by atoms with van der Waals surface area (Å²) in [7, 11) is 0. The van der Waals surface area contributed by atoms with E-state index in [1.54, 1.807) is 60.7 Å². The minimum absolute atomic E-state index is 0.244. The highest BCUT2D eigenvalue weighted by molar-refractivity contribution is 6.32. The number of carbonyl (C=O) groups excluding carboxylic acids is 3. The van der Waals surface area contributed by atoms with Crippen molar-refractivity contribution in [2.75, 3.05) is 4.90 Å². The molecule has 1 aliphatic carbocycles. The summed E-state index contributed by atoms with van der Waals surface area (Å²) in [5, 5.41) is 0.491. The van der Waals surface area contributed by atoms with Crippen LogP contribution in [0.3, 0.4) is 0 Å². The lowest BCUT2D eigenvalue weighted by atomic mass is 9.64. The molecule has 2 aliphatic heterocycles.